The van der Waals surface area contributed by atoms with E-state index in [1.807, 2.05) is 6.92 Å². The number of nitro benzene ring substituents is 1. The van der Waals surface area contributed by atoms with Gasteiger partial charge in [-0.25, -0.2) is 8.42 Å². The van der Waals surface area contributed by atoms with Crippen molar-refractivity contribution in [1.29, 1.82) is 0 Å². The minimum atomic E-state index is -4.59. The monoisotopic (exact) mass is 545 g/mol. The van der Waals surface area contributed by atoms with Crippen LogP contribution >= 0.6 is 0 Å². The third-order valence-electron chi connectivity index (χ3n) is 6.45. The van der Waals surface area contributed by atoms with Crippen molar-refractivity contribution in [3.8, 4) is 5.75 Å². The lowest BCUT2D eigenvalue weighted by Crippen LogP contribution is -2.37. The SMILES string of the molecule is CCOc1ccc(N(C(=O)c2cccc([N+](=O)[O-])c2)S(=O)(=O)c2ccc3c4c(cccc24)C(=O)N3CC)cc1. The van der Waals surface area contributed by atoms with Crippen molar-refractivity contribution in [3.05, 3.63) is 100 Å². The Kier molecular flexibility index (Phi) is 6.52. The van der Waals surface area contributed by atoms with Crippen LogP contribution in [-0.2, 0) is 10.0 Å². The van der Waals surface area contributed by atoms with Gasteiger partial charge in [0.05, 0.1) is 27.8 Å². The van der Waals surface area contributed by atoms with Gasteiger partial charge in [0.1, 0.15) is 5.75 Å². The maximum absolute atomic E-state index is 14.3. The molecule has 0 spiro atoms. The van der Waals surface area contributed by atoms with Gasteiger partial charge in [0.25, 0.3) is 27.5 Å². The Bertz CT molecular complexity index is 1750. The molecule has 4 aromatic carbocycles. The predicted octanol–water partition coefficient (Wildman–Crippen LogP) is 5.16. The normalized spacial score (nSPS) is 12.6. The van der Waals surface area contributed by atoms with Crippen LogP contribution in [0.4, 0.5) is 17.1 Å². The molecule has 10 nitrogen and oxygen atoms in total. The maximum atomic E-state index is 14.3. The van der Waals surface area contributed by atoms with Gasteiger partial charge in [-0.1, -0.05) is 18.2 Å². The Balaban J connectivity index is 1.72. The lowest BCUT2D eigenvalue weighted by Gasteiger charge is -2.24. The van der Waals surface area contributed by atoms with Gasteiger partial charge in [0.2, 0.25) is 0 Å². The van der Waals surface area contributed by atoms with Crippen molar-refractivity contribution in [2.75, 3.05) is 22.4 Å². The fourth-order valence-electron chi connectivity index (χ4n) is 4.74. The van der Waals surface area contributed by atoms with Crippen LogP contribution in [0.1, 0.15) is 34.6 Å². The van der Waals surface area contributed by atoms with Crippen molar-refractivity contribution in [3.63, 3.8) is 0 Å². The van der Waals surface area contributed by atoms with E-state index >= 15 is 0 Å². The average molecular weight is 546 g/mol. The zero-order chi connectivity index (χ0) is 27.9. The van der Waals surface area contributed by atoms with Gasteiger partial charge in [-0.15, -0.1) is 0 Å². The molecule has 0 saturated heterocycles. The first-order chi connectivity index (χ1) is 18.7. The van der Waals surface area contributed by atoms with Crippen LogP contribution in [0.5, 0.6) is 5.75 Å². The highest BCUT2D eigenvalue weighted by molar-refractivity contribution is 7.93. The molecule has 39 heavy (non-hydrogen) atoms. The highest BCUT2D eigenvalue weighted by Crippen LogP contribution is 2.41. The van der Waals surface area contributed by atoms with Gasteiger partial charge in [0, 0.05) is 40.6 Å². The zero-order valence-corrected chi connectivity index (χ0v) is 21.8. The first-order valence-electron chi connectivity index (χ1n) is 12.1. The van der Waals surface area contributed by atoms with Gasteiger partial charge in [0.15, 0.2) is 0 Å². The highest BCUT2D eigenvalue weighted by Gasteiger charge is 2.36. The quantitative estimate of drug-likeness (QED) is 0.221. The third-order valence-corrected chi connectivity index (χ3v) is 8.22. The summed E-state index contributed by atoms with van der Waals surface area (Å²) >= 11 is 0. The number of carbonyl (C=O) groups is 2. The van der Waals surface area contributed by atoms with Gasteiger partial charge in [-0.2, -0.15) is 4.31 Å². The molecule has 0 aliphatic carbocycles. The van der Waals surface area contributed by atoms with E-state index in [1.54, 1.807) is 36.1 Å². The number of anilines is 2. The highest BCUT2D eigenvalue weighted by atomic mass is 32.2. The number of nitro groups is 1. The summed E-state index contributed by atoms with van der Waals surface area (Å²) < 4.78 is 34.7. The summed E-state index contributed by atoms with van der Waals surface area (Å²) in [5.41, 5.74) is 0.446. The summed E-state index contributed by atoms with van der Waals surface area (Å²) in [4.78, 5) is 38.8. The van der Waals surface area contributed by atoms with Crippen LogP contribution in [0.25, 0.3) is 10.8 Å². The summed E-state index contributed by atoms with van der Waals surface area (Å²) in [6.45, 7) is 4.42. The summed E-state index contributed by atoms with van der Waals surface area (Å²) in [5.74, 6) is -0.731. The average Bonchev–Trinajstić information content (AvgIpc) is 3.21. The van der Waals surface area contributed by atoms with Crippen molar-refractivity contribution < 1.29 is 27.7 Å². The number of carbonyl (C=O) groups excluding carboxylic acids is 2. The molecule has 0 fully saturated rings. The molecular weight excluding hydrogens is 522 g/mol. The van der Waals surface area contributed by atoms with Crippen LogP contribution in [0.2, 0.25) is 0 Å². The second-order valence-corrected chi connectivity index (χ2v) is 10.4. The summed E-state index contributed by atoms with van der Waals surface area (Å²) in [7, 11) is -4.59. The van der Waals surface area contributed by atoms with Crippen LogP contribution < -0.4 is 13.9 Å². The van der Waals surface area contributed by atoms with Crippen LogP contribution in [0, 0.1) is 10.1 Å². The largest absolute Gasteiger partial charge is 0.494 e. The van der Waals surface area contributed by atoms with Crippen LogP contribution in [0.3, 0.4) is 0 Å². The molecule has 1 aliphatic rings. The second kappa shape index (κ2) is 9.84. The van der Waals surface area contributed by atoms with E-state index in [0.717, 1.165) is 6.07 Å². The Hall–Kier alpha value is -4.77. The van der Waals surface area contributed by atoms with Crippen molar-refractivity contribution in [2.24, 2.45) is 0 Å². The predicted molar refractivity (Wildman–Crippen MR) is 146 cm³/mol. The Morgan fingerprint density at radius 2 is 1.72 bits per heavy atom. The number of rotatable bonds is 8. The Morgan fingerprint density at radius 3 is 2.38 bits per heavy atom. The van der Waals surface area contributed by atoms with E-state index in [9.17, 15) is 28.1 Å². The maximum Gasteiger partial charge on any atom is 0.272 e. The fraction of sp³-hybridized carbons (Fsp3) is 0.143. The summed E-state index contributed by atoms with van der Waals surface area (Å²) in [6.07, 6.45) is 0. The van der Waals surface area contributed by atoms with Crippen LogP contribution in [0.15, 0.2) is 83.8 Å². The molecule has 1 aliphatic heterocycles. The molecule has 0 unspecified atom stereocenters. The number of hydrogen-bond acceptors (Lipinski definition) is 7. The number of non-ortho nitro benzene ring substituents is 1. The summed E-state index contributed by atoms with van der Waals surface area (Å²) in [6, 6.07) is 18.6. The van der Waals surface area contributed by atoms with Crippen molar-refractivity contribution in [2.45, 2.75) is 18.7 Å². The van der Waals surface area contributed by atoms with Crippen molar-refractivity contribution in [1.82, 2.24) is 0 Å². The molecular formula is C28H23N3O7S. The number of ether oxygens (including phenoxy) is 1. The van der Waals surface area contributed by atoms with Gasteiger partial charge >= 0.3 is 0 Å². The lowest BCUT2D eigenvalue weighted by molar-refractivity contribution is -0.384. The topological polar surface area (TPSA) is 127 Å². The van der Waals surface area contributed by atoms with Gasteiger partial charge in [-0.05, 0) is 62.4 Å². The Labute approximate surface area is 224 Å². The second-order valence-electron chi connectivity index (χ2n) is 8.67. The van der Waals surface area contributed by atoms with E-state index in [4.69, 9.17) is 4.74 Å². The van der Waals surface area contributed by atoms with Gasteiger partial charge < -0.3 is 9.64 Å². The molecule has 0 bridgehead atoms. The van der Waals surface area contributed by atoms with Gasteiger partial charge in [-0.3, -0.25) is 19.7 Å². The summed E-state index contributed by atoms with van der Waals surface area (Å²) in [5, 5.41) is 12.1. The molecule has 0 N–H and O–H groups in total. The van der Waals surface area contributed by atoms with E-state index in [2.05, 4.69) is 0 Å². The molecule has 0 radical (unpaired) electrons. The molecule has 2 amide bonds. The van der Waals surface area contributed by atoms with E-state index in [1.165, 1.54) is 48.5 Å². The number of hydrogen-bond donors (Lipinski definition) is 0. The van der Waals surface area contributed by atoms with Crippen LogP contribution in [-0.4, -0.2) is 38.3 Å². The number of amides is 2. The zero-order valence-electron chi connectivity index (χ0n) is 21.0. The van der Waals surface area contributed by atoms with E-state index in [0.29, 0.717) is 39.8 Å². The molecule has 5 rings (SSSR count). The first-order valence-corrected chi connectivity index (χ1v) is 13.6. The molecule has 0 atom stereocenters. The minimum Gasteiger partial charge on any atom is -0.494 e. The molecule has 0 aromatic heterocycles. The minimum absolute atomic E-state index is 0.0180. The van der Waals surface area contributed by atoms with E-state index in [-0.39, 0.29) is 33.1 Å². The molecule has 1 heterocycles. The third kappa shape index (κ3) is 4.26. The number of nitrogens with zero attached hydrogens (tertiary/aromatic N) is 3. The molecule has 0 saturated carbocycles. The smallest absolute Gasteiger partial charge is 0.272 e. The first kappa shape index (κ1) is 25.9. The number of benzene rings is 4. The standard InChI is InChI=1S/C28H23N3O7S/c1-3-29-24-15-16-25(22-9-6-10-23(26(22)24)28(29)33)39(36,37)30(19-11-13-21(14-12-19)38-4-2)27(32)18-7-5-8-20(17-18)31(34)35/h5-17H,3-4H2,1-2H3. The molecule has 11 heteroatoms. The van der Waals surface area contributed by atoms with Crippen molar-refractivity contribution >= 4 is 49.7 Å². The van der Waals surface area contributed by atoms with E-state index < -0.39 is 20.9 Å². The Morgan fingerprint density at radius 1 is 1.00 bits per heavy atom. The molecule has 198 valence electrons. The fourth-order valence-corrected chi connectivity index (χ4v) is 6.34. The number of sulfonamides is 1. The lowest BCUT2D eigenvalue weighted by atomic mass is 10.1. The molecule has 4 aromatic rings.